The molecule has 0 spiro atoms. The third-order valence-corrected chi connectivity index (χ3v) is 105. The van der Waals surface area contributed by atoms with Gasteiger partial charge in [-0.1, -0.05) is 99.9 Å². The SMILES string of the molecule is CCCCCCCCCC[Si]1(c2ccccc2)[SiH2][SiH2][SiH2][SiH2]1. The summed E-state index contributed by atoms with van der Waals surface area (Å²) in [4.78, 5) is 0. The van der Waals surface area contributed by atoms with E-state index in [1.54, 1.807) is 18.9 Å². The first-order valence-electron chi connectivity index (χ1n) is 9.43. The molecule has 1 saturated heterocycles. The molecule has 1 aromatic rings. The van der Waals surface area contributed by atoms with Crippen molar-refractivity contribution in [1.29, 1.82) is 0 Å². The summed E-state index contributed by atoms with van der Waals surface area (Å²) in [5.41, 5.74) is 0. The summed E-state index contributed by atoms with van der Waals surface area (Å²) in [6.45, 7) is 2.32. The van der Waals surface area contributed by atoms with Crippen LogP contribution in [0.5, 0.6) is 0 Å². The predicted octanol–water partition coefficient (Wildman–Crippen LogP) is 0.910. The van der Waals surface area contributed by atoms with E-state index in [-0.39, 0.29) is 0 Å². The number of hydrogen-bond acceptors (Lipinski definition) is 0. The van der Waals surface area contributed by atoms with Gasteiger partial charge in [-0.25, -0.2) is 0 Å². The molecular weight excluding hydrogens is 333 g/mol. The molecule has 0 atom stereocenters. The highest BCUT2D eigenvalue weighted by atomic mass is 30.1. The molecule has 0 bridgehead atoms. The Morgan fingerprint density at radius 3 is 1.95 bits per heavy atom. The van der Waals surface area contributed by atoms with E-state index in [0.29, 0.717) is 34.2 Å². The van der Waals surface area contributed by atoms with E-state index < -0.39 is 7.11 Å². The van der Waals surface area contributed by atoms with Crippen molar-refractivity contribution >= 4 is 46.5 Å². The first kappa shape index (κ1) is 17.7. The smallest absolute Gasteiger partial charge is 0.0537 e. The molecule has 0 unspecified atom stereocenters. The molecular formula is C16H34Si5. The molecule has 1 fully saturated rings. The largest absolute Gasteiger partial charge is 0.0664 e. The molecule has 0 amide bonds. The van der Waals surface area contributed by atoms with Crippen molar-refractivity contribution in [2.24, 2.45) is 0 Å². The zero-order valence-corrected chi connectivity index (χ0v) is 20.7. The first-order chi connectivity index (χ1) is 10.4. The van der Waals surface area contributed by atoms with E-state index >= 15 is 0 Å². The van der Waals surface area contributed by atoms with Crippen LogP contribution in [0.15, 0.2) is 30.3 Å². The minimum Gasteiger partial charge on any atom is -0.0664 e. The monoisotopic (exact) mass is 366 g/mol. The molecule has 21 heavy (non-hydrogen) atoms. The Hall–Kier alpha value is 0.304. The van der Waals surface area contributed by atoms with Crippen molar-refractivity contribution < 1.29 is 0 Å². The lowest BCUT2D eigenvalue weighted by Crippen LogP contribution is -2.56. The van der Waals surface area contributed by atoms with E-state index in [4.69, 9.17) is 0 Å². The minimum atomic E-state index is -0.688. The molecule has 1 heterocycles. The molecule has 1 aromatic carbocycles. The zero-order chi connectivity index (χ0) is 14.8. The first-order valence-corrected chi connectivity index (χ1v) is 28.3. The van der Waals surface area contributed by atoms with Gasteiger partial charge < -0.3 is 0 Å². The Morgan fingerprint density at radius 2 is 1.33 bits per heavy atom. The Labute approximate surface area is 141 Å². The predicted molar refractivity (Wildman–Crippen MR) is 113 cm³/mol. The van der Waals surface area contributed by atoms with Crippen LogP contribution in [0.25, 0.3) is 0 Å². The van der Waals surface area contributed by atoms with Crippen LogP contribution in [0.4, 0.5) is 0 Å². The van der Waals surface area contributed by atoms with Crippen LogP contribution in [0.3, 0.4) is 0 Å². The van der Waals surface area contributed by atoms with Crippen LogP contribution < -0.4 is 5.19 Å². The summed E-state index contributed by atoms with van der Waals surface area (Å²) >= 11 is 0. The second-order valence-electron chi connectivity index (χ2n) is 7.08. The summed E-state index contributed by atoms with van der Waals surface area (Å²) in [5, 5.41) is 1.95. The number of unbranched alkanes of at least 4 members (excludes halogenated alkanes) is 7. The Kier molecular flexibility index (Phi) is 8.53. The second-order valence-corrected chi connectivity index (χ2v) is 53.2. The zero-order valence-electron chi connectivity index (χ0n) is 14.1. The molecule has 0 N–H and O–H groups in total. The van der Waals surface area contributed by atoms with Crippen LogP contribution >= 0.6 is 0 Å². The summed E-state index contributed by atoms with van der Waals surface area (Å²) in [6, 6.07) is 13.7. The third-order valence-electron chi connectivity index (χ3n) is 5.46. The fourth-order valence-corrected chi connectivity index (χ4v) is 209. The van der Waals surface area contributed by atoms with Crippen molar-refractivity contribution in [2.45, 2.75) is 64.3 Å². The van der Waals surface area contributed by atoms with E-state index in [0.717, 1.165) is 0 Å². The maximum atomic E-state index is 2.55. The Balaban J connectivity index is 1.70. The topological polar surface area (TPSA) is 0 Å². The molecule has 0 radical (unpaired) electrons. The maximum absolute atomic E-state index is 2.55. The normalized spacial score (nSPS) is 26.3. The lowest BCUT2D eigenvalue weighted by atomic mass is 10.1. The van der Waals surface area contributed by atoms with Gasteiger partial charge in [0, 0.05) is 17.1 Å². The van der Waals surface area contributed by atoms with Gasteiger partial charge in [-0.2, -0.15) is 0 Å². The Morgan fingerprint density at radius 1 is 0.762 bits per heavy atom. The second kappa shape index (κ2) is 10.1. The van der Waals surface area contributed by atoms with Gasteiger partial charge >= 0.3 is 0 Å². The van der Waals surface area contributed by atoms with Crippen LogP contribution in [-0.2, 0) is 0 Å². The molecule has 2 rings (SSSR count). The van der Waals surface area contributed by atoms with Crippen LogP contribution in [0, 0.1) is 0 Å². The van der Waals surface area contributed by atoms with Gasteiger partial charge in [0.1, 0.15) is 0 Å². The highest BCUT2D eigenvalue weighted by Crippen LogP contribution is 2.17. The van der Waals surface area contributed by atoms with Crippen LogP contribution in [0.2, 0.25) is 6.04 Å². The summed E-state index contributed by atoms with van der Waals surface area (Å²) < 4.78 is 0. The van der Waals surface area contributed by atoms with E-state index in [9.17, 15) is 0 Å². The van der Waals surface area contributed by atoms with E-state index in [2.05, 4.69) is 37.3 Å². The van der Waals surface area contributed by atoms with Crippen molar-refractivity contribution in [3.63, 3.8) is 0 Å². The average Bonchev–Trinajstić information content (AvgIpc) is 3.01. The van der Waals surface area contributed by atoms with Crippen molar-refractivity contribution in [1.82, 2.24) is 0 Å². The van der Waals surface area contributed by atoms with Gasteiger partial charge in [-0.05, 0) is 17.1 Å². The van der Waals surface area contributed by atoms with Crippen molar-refractivity contribution in [3.05, 3.63) is 30.3 Å². The third kappa shape index (κ3) is 5.78. The fraction of sp³-hybridized carbons (Fsp3) is 0.625. The summed E-state index contributed by atoms with van der Waals surface area (Å²) in [5.74, 6) is 0. The molecule has 0 saturated carbocycles. The molecule has 0 aliphatic carbocycles. The number of hydrogen-bond donors (Lipinski definition) is 0. The molecule has 1 aliphatic heterocycles. The lowest BCUT2D eigenvalue weighted by Gasteiger charge is -2.27. The van der Waals surface area contributed by atoms with Gasteiger partial charge in [-0.15, -0.1) is 0 Å². The van der Waals surface area contributed by atoms with Crippen molar-refractivity contribution in [3.8, 4) is 0 Å². The highest BCUT2D eigenvalue weighted by Gasteiger charge is 2.37. The number of rotatable bonds is 10. The van der Waals surface area contributed by atoms with Gasteiger partial charge in [0.05, 0.1) is 7.11 Å². The molecule has 0 aromatic heterocycles. The Bertz CT molecular complexity index is 376. The minimum absolute atomic E-state index is 0.503. The maximum Gasteiger partial charge on any atom is 0.0537 e. The fourth-order valence-electron chi connectivity index (χ4n) is 4.12. The molecule has 118 valence electrons. The van der Waals surface area contributed by atoms with E-state index in [1.165, 1.54) is 38.5 Å². The summed E-state index contributed by atoms with van der Waals surface area (Å²) in [6.07, 6.45) is 12.0. The lowest BCUT2D eigenvalue weighted by molar-refractivity contribution is 0.584. The van der Waals surface area contributed by atoms with Gasteiger partial charge in [0.2, 0.25) is 0 Å². The summed E-state index contributed by atoms with van der Waals surface area (Å²) in [7, 11) is 1.60. The quantitative estimate of drug-likeness (QED) is 0.426. The van der Waals surface area contributed by atoms with Gasteiger partial charge in [0.25, 0.3) is 0 Å². The van der Waals surface area contributed by atoms with E-state index in [1.807, 2.05) is 5.19 Å². The van der Waals surface area contributed by atoms with Crippen LogP contribution in [0.1, 0.15) is 58.3 Å². The molecule has 5 heteroatoms. The van der Waals surface area contributed by atoms with Gasteiger partial charge in [-0.3, -0.25) is 0 Å². The van der Waals surface area contributed by atoms with Crippen molar-refractivity contribution in [2.75, 3.05) is 0 Å². The number of benzene rings is 1. The average molecular weight is 367 g/mol. The van der Waals surface area contributed by atoms with Gasteiger partial charge in [0.15, 0.2) is 0 Å². The highest BCUT2D eigenvalue weighted by molar-refractivity contribution is 7.88. The molecule has 0 nitrogen and oxygen atoms in total. The molecule has 1 aliphatic rings. The van der Waals surface area contributed by atoms with Crippen LogP contribution in [-0.4, -0.2) is 41.3 Å². The standard InChI is InChI=1S/C16H34Si5/c1-2-3-4-5-6-7-8-12-15-21(19-17-18-20-21)16-13-10-9-11-14-16/h9-11,13-14H,2-8,12,15,17-20H2,1H3.